The average molecular weight is 267 g/mol. The first-order valence-electron chi connectivity index (χ1n) is 7.25. The maximum atomic E-state index is 6.53. The van der Waals surface area contributed by atoms with Gasteiger partial charge in [-0.05, 0) is 42.4 Å². The third kappa shape index (κ3) is 2.44. The van der Waals surface area contributed by atoms with E-state index in [2.05, 4.69) is 42.5 Å². The predicted molar refractivity (Wildman–Crippen MR) is 81.9 cm³/mol. The molecule has 2 aromatic rings. The van der Waals surface area contributed by atoms with Gasteiger partial charge in [-0.1, -0.05) is 42.5 Å². The Morgan fingerprint density at radius 1 is 1.10 bits per heavy atom. The summed E-state index contributed by atoms with van der Waals surface area (Å²) in [7, 11) is 1.73. The molecule has 2 nitrogen and oxygen atoms in total. The lowest BCUT2D eigenvalue weighted by molar-refractivity contribution is 0.349. The Kier molecular flexibility index (Phi) is 3.75. The number of benzene rings is 2. The lowest BCUT2D eigenvalue weighted by Gasteiger charge is -2.32. The molecule has 2 N–H and O–H groups in total. The van der Waals surface area contributed by atoms with Gasteiger partial charge in [0, 0.05) is 11.6 Å². The summed E-state index contributed by atoms with van der Waals surface area (Å²) < 4.78 is 5.50. The SMILES string of the molecule is COc1cccc2c1C(N)C(Cc1ccccc1)CC2. The van der Waals surface area contributed by atoms with Gasteiger partial charge in [-0.3, -0.25) is 0 Å². The first kappa shape index (κ1) is 13.2. The van der Waals surface area contributed by atoms with Crippen LogP contribution in [0.3, 0.4) is 0 Å². The molecule has 0 spiro atoms. The molecule has 0 saturated carbocycles. The summed E-state index contributed by atoms with van der Waals surface area (Å²) in [6.45, 7) is 0. The van der Waals surface area contributed by atoms with Crippen molar-refractivity contribution in [3.05, 3.63) is 65.2 Å². The number of hydrogen-bond donors (Lipinski definition) is 1. The second-order valence-electron chi connectivity index (χ2n) is 5.55. The molecule has 0 aliphatic heterocycles. The van der Waals surface area contributed by atoms with Crippen LogP contribution in [0, 0.1) is 5.92 Å². The summed E-state index contributed by atoms with van der Waals surface area (Å²) in [5.41, 5.74) is 10.5. The van der Waals surface area contributed by atoms with Gasteiger partial charge in [0.25, 0.3) is 0 Å². The molecule has 104 valence electrons. The van der Waals surface area contributed by atoms with E-state index in [-0.39, 0.29) is 6.04 Å². The fourth-order valence-corrected chi connectivity index (χ4v) is 3.27. The number of ether oxygens (including phenoxy) is 1. The van der Waals surface area contributed by atoms with Crippen molar-refractivity contribution < 1.29 is 4.74 Å². The molecule has 0 aromatic heterocycles. The van der Waals surface area contributed by atoms with Gasteiger partial charge in [-0.15, -0.1) is 0 Å². The van der Waals surface area contributed by atoms with Crippen molar-refractivity contribution in [3.63, 3.8) is 0 Å². The van der Waals surface area contributed by atoms with Crippen LogP contribution < -0.4 is 10.5 Å². The van der Waals surface area contributed by atoms with Crippen molar-refractivity contribution in [2.45, 2.75) is 25.3 Å². The zero-order valence-electron chi connectivity index (χ0n) is 11.9. The molecule has 0 heterocycles. The van der Waals surface area contributed by atoms with Crippen LogP contribution in [-0.2, 0) is 12.8 Å². The van der Waals surface area contributed by atoms with Crippen molar-refractivity contribution in [2.75, 3.05) is 7.11 Å². The molecule has 0 radical (unpaired) electrons. The number of nitrogens with two attached hydrogens (primary N) is 1. The van der Waals surface area contributed by atoms with E-state index < -0.39 is 0 Å². The monoisotopic (exact) mass is 267 g/mol. The lowest BCUT2D eigenvalue weighted by atomic mass is 9.77. The zero-order chi connectivity index (χ0) is 13.9. The largest absolute Gasteiger partial charge is 0.496 e. The van der Waals surface area contributed by atoms with Gasteiger partial charge in [0.05, 0.1) is 7.11 Å². The molecule has 0 fully saturated rings. The molecular formula is C18H21NO. The van der Waals surface area contributed by atoms with Crippen molar-refractivity contribution in [3.8, 4) is 5.75 Å². The summed E-state index contributed by atoms with van der Waals surface area (Å²) in [6.07, 6.45) is 3.29. The zero-order valence-corrected chi connectivity index (χ0v) is 11.9. The van der Waals surface area contributed by atoms with Crippen molar-refractivity contribution in [1.82, 2.24) is 0 Å². The molecule has 2 atom stereocenters. The number of methoxy groups -OCH3 is 1. The van der Waals surface area contributed by atoms with Crippen LogP contribution >= 0.6 is 0 Å². The van der Waals surface area contributed by atoms with E-state index in [9.17, 15) is 0 Å². The minimum absolute atomic E-state index is 0.0649. The Balaban J connectivity index is 1.87. The van der Waals surface area contributed by atoms with Crippen molar-refractivity contribution >= 4 is 0 Å². The Bertz CT molecular complexity index is 565. The van der Waals surface area contributed by atoms with E-state index in [4.69, 9.17) is 10.5 Å². The Labute approximate surface area is 120 Å². The van der Waals surface area contributed by atoms with E-state index in [0.29, 0.717) is 5.92 Å². The third-order valence-corrected chi connectivity index (χ3v) is 4.34. The van der Waals surface area contributed by atoms with Gasteiger partial charge in [0.15, 0.2) is 0 Å². The fourth-order valence-electron chi connectivity index (χ4n) is 3.27. The molecule has 2 aromatic carbocycles. The topological polar surface area (TPSA) is 35.2 Å². The van der Waals surface area contributed by atoms with Crippen LogP contribution in [0.2, 0.25) is 0 Å². The summed E-state index contributed by atoms with van der Waals surface area (Å²) >= 11 is 0. The lowest BCUT2D eigenvalue weighted by Crippen LogP contribution is -2.29. The van der Waals surface area contributed by atoms with Crippen LogP contribution in [0.5, 0.6) is 5.75 Å². The highest BCUT2D eigenvalue weighted by molar-refractivity contribution is 5.44. The van der Waals surface area contributed by atoms with E-state index in [1.807, 2.05) is 6.07 Å². The summed E-state index contributed by atoms with van der Waals surface area (Å²) in [5, 5.41) is 0. The number of hydrogen-bond acceptors (Lipinski definition) is 2. The predicted octanol–water partition coefficient (Wildman–Crippen LogP) is 3.50. The smallest absolute Gasteiger partial charge is 0.123 e. The van der Waals surface area contributed by atoms with Gasteiger partial charge in [-0.25, -0.2) is 0 Å². The molecule has 1 aliphatic carbocycles. The summed E-state index contributed by atoms with van der Waals surface area (Å²) in [4.78, 5) is 0. The Morgan fingerprint density at radius 3 is 2.65 bits per heavy atom. The standard InChI is InChI=1S/C18H21NO/c1-20-16-9-5-8-14-10-11-15(18(19)17(14)16)12-13-6-3-2-4-7-13/h2-9,15,18H,10-12,19H2,1H3. The average Bonchev–Trinajstić information content (AvgIpc) is 2.50. The van der Waals surface area contributed by atoms with E-state index >= 15 is 0 Å². The van der Waals surface area contributed by atoms with Gasteiger partial charge >= 0.3 is 0 Å². The van der Waals surface area contributed by atoms with Crippen LogP contribution in [0.1, 0.15) is 29.2 Å². The highest BCUT2D eigenvalue weighted by Gasteiger charge is 2.29. The highest BCUT2D eigenvalue weighted by atomic mass is 16.5. The van der Waals surface area contributed by atoms with E-state index in [1.165, 1.54) is 16.7 Å². The quantitative estimate of drug-likeness (QED) is 0.923. The molecule has 20 heavy (non-hydrogen) atoms. The maximum absolute atomic E-state index is 6.53. The third-order valence-electron chi connectivity index (χ3n) is 4.34. The molecular weight excluding hydrogens is 246 g/mol. The fraction of sp³-hybridized carbons (Fsp3) is 0.333. The van der Waals surface area contributed by atoms with Crippen molar-refractivity contribution in [1.29, 1.82) is 0 Å². The minimum atomic E-state index is 0.0649. The number of fused-ring (bicyclic) bond motifs is 1. The van der Waals surface area contributed by atoms with Gasteiger partial charge in [0.1, 0.15) is 5.75 Å². The van der Waals surface area contributed by atoms with E-state index in [0.717, 1.165) is 25.0 Å². The van der Waals surface area contributed by atoms with E-state index in [1.54, 1.807) is 7.11 Å². The molecule has 0 amide bonds. The Morgan fingerprint density at radius 2 is 1.90 bits per heavy atom. The molecule has 1 aliphatic rings. The summed E-state index contributed by atoms with van der Waals surface area (Å²) in [5.74, 6) is 1.42. The molecule has 0 saturated heterocycles. The van der Waals surface area contributed by atoms with Crippen molar-refractivity contribution in [2.24, 2.45) is 11.7 Å². The van der Waals surface area contributed by atoms with Gasteiger partial charge in [0.2, 0.25) is 0 Å². The Hall–Kier alpha value is -1.80. The summed E-state index contributed by atoms with van der Waals surface area (Å²) in [6, 6.07) is 16.9. The first-order valence-corrected chi connectivity index (χ1v) is 7.25. The van der Waals surface area contributed by atoms with Crippen LogP contribution in [0.15, 0.2) is 48.5 Å². The highest BCUT2D eigenvalue weighted by Crippen LogP contribution is 2.39. The number of aryl methyl sites for hydroxylation is 1. The maximum Gasteiger partial charge on any atom is 0.123 e. The van der Waals surface area contributed by atoms with Crippen LogP contribution in [0.4, 0.5) is 0 Å². The molecule has 2 heteroatoms. The van der Waals surface area contributed by atoms with Crippen LogP contribution in [0.25, 0.3) is 0 Å². The number of rotatable bonds is 3. The van der Waals surface area contributed by atoms with Crippen LogP contribution in [-0.4, -0.2) is 7.11 Å². The van der Waals surface area contributed by atoms with Gasteiger partial charge < -0.3 is 10.5 Å². The second-order valence-corrected chi connectivity index (χ2v) is 5.55. The minimum Gasteiger partial charge on any atom is -0.496 e. The molecule has 2 unspecified atom stereocenters. The van der Waals surface area contributed by atoms with Gasteiger partial charge in [-0.2, -0.15) is 0 Å². The normalized spacial score (nSPS) is 21.3. The molecule has 3 rings (SSSR count). The first-order chi connectivity index (χ1) is 9.79. The molecule has 0 bridgehead atoms. The second kappa shape index (κ2) is 5.68.